The maximum atomic E-state index is 13.1. The van der Waals surface area contributed by atoms with Crippen LogP contribution in [0.5, 0.6) is 0 Å². The number of aliphatic carboxylic acids is 1. The number of ketones is 1. The van der Waals surface area contributed by atoms with Gasteiger partial charge in [0.05, 0.1) is 6.04 Å². The lowest BCUT2D eigenvalue weighted by Gasteiger charge is -2.26. The summed E-state index contributed by atoms with van der Waals surface area (Å²) in [5.74, 6) is -5.76. The third-order valence-corrected chi connectivity index (χ3v) is 5.33. The zero-order valence-electron chi connectivity index (χ0n) is 22.0. The summed E-state index contributed by atoms with van der Waals surface area (Å²) in [7, 11) is 0. The number of Topliss-reactive ketones (excluding diaryl/α,β-unsaturated/α-hetero) is 1. The number of esters is 1. The molecule has 38 heavy (non-hydrogen) atoms. The Balaban J connectivity index is 2.89. The molecule has 0 saturated carbocycles. The second kappa shape index (κ2) is 16.4. The molecule has 1 aromatic carbocycles. The number of halogens is 2. The Hall–Kier alpha value is -3.41. The molecule has 3 atom stereocenters. The molecule has 1 aromatic rings. The number of carboxylic acids is 1. The molecule has 0 aliphatic rings. The Bertz CT molecular complexity index is 942. The van der Waals surface area contributed by atoms with E-state index in [-0.39, 0.29) is 37.8 Å². The summed E-state index contributed by atoms with van der Waals surface area (Å²) in [5.41, 5.74) is 0.810. The average Bonchev–Trinajstić information content (AvgIpc) is 2.83. The molecule has 2 amide bonds. The summed E-state index contributed by atoms with van der Waals surface area (Å²) in [6.45, 7) is 7.19. The van der Waals surface area contributed by atoms with Crippen molar-refractivity contribution in [2.24, 2.45) is 5.92 Å². The maximum Gasteiger partial charge on any atom is 0.374 e. The van der Waals surface area contributed by atoms with Crippen LogP contribution in [0.3, 0.4) is 0 Å². The molecule has 0 spiro atoms. The summed E-state index contributed by atoms with van der Waals surface area (Å²) in [4.78, 5) is 61.0. The molecule has 0 aliphatic heterocycles. The SMILES string of the molecule is CC(C)CC(NC(=O)C(CCC(=O)OCc1ccccc1)NC(C)C)C(=O)NC(CC(F)F)C(=O)C(=O)O. The molecule has 3 unspecified atom stereocenters. The van der Waals surface area contributed by atoms with Crippen molar-refractivity contribution >= 4 is 29.5 Å². The summed E-state index contributed by atoms with van der Waals surface area (Å²) in [5, 5.41) is 16.5. The molecule has 212 valence electrons. The van der Waals surface area contributed by atoms with E-state index >= 15 is 0 Å². The number of carboxylic acid groups (broad SMARTS) is 1. The van der Waals surface area contributed by atoms with Crippen LogP contribution < -0.4 is 16.0 Å². The highest BCUT2D eigenvalue weighted by atomic mass is 19.3. The van der Waals surface area contributed by atoms with Crippen LogP contribution in [-0.2, 0) is 35.3 Å². The highest BCUT2D eigenvalue weighted by Crippen LogP contribution is 2.11. The van der Waals surface area contributed by atoms with Gasteiger partial charge in [0.25, 0.3) is 5.78 Å². The Morgan fingerprint density at radius 1 is 0.868 bits per heavy atom. The summed E-state index contributed by atoms with van der Waals surface area (Å²) < 4.78 is 31.0. The summed E-state index contributed by atoms with van der Waals surface area (Å²) >= 11 is 0. The quantitative estimate of drug-likeness (QED) is 0.173. The van der Waals surface area contributed by atoms with Crippen molar-refractivity contribution in [3.8, 4) is 0 Å². The van der Waals surface area contributed by atoms with Gasteiger partial charge in [-0.3, -0.25) is 19.2 Å². The average molecular weight is 542 g/mol. The predicted molar refractivity (Wildman–Crippen MR) is 134 cm³/mol. The van der Waals surface area contributed by atoms with Crippen molar-refractivity contribution in [1.82, 2.24) is 16.0 Å². The number of carbonyl (C=O) groups excluding carboxylic acids is 4. The number of benzene rings is 1. The normalized spacial score (nSPS) is 13.6. The van der Waals surface area contributed by atoms with Crippen LogP contribution in [0.15, 0.2) is 30.3 Å². The number of ether oxygens (including phenoxy) is 1. The van der Waals surface area contributed by atoms with Crippen LogP contribution in [0.25, 0.3) is 0 Å². The lowest BCUT2D eigenvalue weighted by molar-refractivity contribution is -0.151. The van der Waals surface area contributed by atoms with E-state index in [2.05, 4.69) is 10.6 Å². The first-order chi connectivity index (χ1) is 17.8. The molecule has 12 heteroatoms. The van der Waals surface area contributed by atoms with Crippen LogP contribution >= 0.6 is 0 Å². The molecule has 0 saturated heterocycles. The molecule has 0 fully saturated rings. The number of amides is 2. The Labute approximate surface area is 220 Å². The van der Waals surface area contributed by atoms with Crippen molar-refractivity contribution < 1.29 is 42.6 Å². The number of rotatable bonds is 17. The monoisotopic (exact) mass is 541 g/mol. The standard InChI is InChI=1S/C26H37F2N3O7/c1-15(2)12-20(25(35)30-19(13-21(27)28)23(33)26(36)37)31-24(34)18(29-16(3)4)10-11-22(32)38-14-17-8-6-5-7-9-17/h5-9,15-16,18-21,29H,10-14H2,1-4H3,(H,30,35)(H,31,34)(H,36,37). The first-order valence-electron chi connectivity index (χ1n) is 12.4. The molecule has 0 aliphatic carbocycles. The second-order valence-electron chi connectivity index (χ2n) is 9.61. The topological polar surface area (TPSA) is 151 Å². The molecule has 1 rings (SSSR count). The van der Waals surface area contributed by atoms with Crippen LogP contribution in [0.2, 0.25) is 0 Å². The lowest BCUT2D eigenvalue weighted by atomic mass is 10.0. The Morgan fingerprint density at radius 2 is 1.45 bits per heavy atom. The van der Waals surface area contributed by atoms with Gasteiger partial charge in [-0.1, -0.05) is 58.0 Å². The zero-order chi connectivity index (χ0) is 28.8. The first-order valence-corrected chi connectivity index (χ1v) is 12.4. The highest BCUT2D eigenvalue weighted by Gasteiger charge is 2.33. The van der Waals surface area contributed by atoms with Gasteiger partial charge in [-0.05, 0) is 24.3 Å². The summed E-state index contributed by atoms with van der Waals surface area (Å²) in [6.07, 6.45) is -4.16. The number of hydrogen-bond donors (Lipinski definition) is 4. The Morgan fingerprint density at radius 3 is 1.97 bits per heavy atom. The van der Waals surface area contributed by atoms with Gasteiger partial charge in [0, 0.05) is 18.9 Å². The van der Waals surface area contributed by atoms with Gasteiger partial charge < -0.3 is 25.8 Å². The van der Waals surface area contributed by atoms with Gasteiger partial charge >= 0.3 is 11.9 Å². The van der Waals surface area contributed by atoms with Gasteiger partial charge in [0.2, 0.25) is 18.2 Å². The fraction of sp³-hybridized carbons (Fsp3) is 0.577. The first kappa shape index (κ1) is 32.6. The van der Waals surface area contributed by atoms with Crippen LogP contribution in [0.4, 0.5) is 8.78 Å². The maximum absolute atomic E-state index is 13.1. The van der Waals surface area contributed by atoms with Crippen molar-refractivity contribution in [3.05, 3.63) is 35.9 Å². The Kier molecular flexibility index (Phi) is 14.1. The molecule has 0 aromatic heterocycles. The number of hydrogen-bond acceptors (Lipinski definition) is 7. The molecule has 10 nitrogen and oxygen atoms in total. The van der Waals surface area contributed by atoms with Crippen molar-refractivity contribution in [1.29, 1.82) is 0 Å². The van der Waals surface area contributed by atoms with Gasteiger partial charge in [0.1, 0.15) is 18.7 Å². The van der Waals surface area contributed by atoms with E-state index in [1.807, 2.05) is 23.5 Å². The van der Waals surface area contributed by atoms with Gasteiger partial charge in [-0.2, -0.15) is 0 Å². The molecular weight excluding hydrogens is 504 g/mol. The van der Waals surface area contributed by atoms with E-state index in [9.17, 15) is 32.8 Å². The molecule has 0 bridgehead atoms. The largest absolute Gasteiger partial charge is 0.475 e. The highest BCUT2D eigenvalue weighted by molar-refractivity contribution is 6.35. The van der Waals surface area contributed by atoms with E-state index in [1.165, 1.54) is 0 Å². The minimum absolute atomic E-state index is 0.0547. The van der Waals surface area contributed by atoms with Crippen molar-refractivity contribution in [2.75, 3.05) is 0 Å². The third-order valence-electron chi connectivity index (χ3n) is 5.33. The summed E-state index contributed by atoms with van der Waals surface area (Å²) in [6, 6.07) is 4.84. The number of nitrogens with one attached hydrogen (secondary N) is 3. The van der Waals surface area contributed by atoms with E-state index in [4.69, 9.17) is 9.84 Å². The minimum Gasteiger partial charge on any atom is -0.475 e. The lowest BCUT2D eigenvalue weighted by Crippen LogP contribution is -2.56. The fourth-order valence-corrected chi connectivity index (χ4v) is 3.57. The molecule has 0 radical (unpaired) electrons. The van der Waals surface area contributed by atoms with Crippen LogP contribution in [0.1, 0.15) is 58.9 Å². The predicted octanol–water partition coefficient (Wildman–Crippen LogP) is 2.20. The van der Waals surface area contributed by atoms with Crippen molar-refractivity contribution in [2.45, 2.75) is 90.6 Å². The van der Waals surface area contributed by atoms with Crippen LogP contribution in [-0.4, -0.2) is 65.2 Å². The minimum atomic E-state index is -3.04. The van der Waals surface area contributed by atoms with Gasteiger partial charge in [0.15, 0.2) is 0 Å². The van der Waals surface area contributed by atoms with E-state index in [0.717, 1.165) is 5.56 Å². The van der Waals surface area contributed by atoms with Crippen LogP contribution in [0, 0.1) is 5.92 Å². The van der Waals surface area contributed by atoms with E-state index in [0.29, 0.717) is 0 Å². The molecule has 0 heterocycles. The smallest absolute Gasteiger partial charge is 0.374 e. The van der Waals surface area contributed by atoms with E-state index < -0.39 is 60.5 Å². The number of carbonyl (C=O) groups is 5. The molecule has 4 N–H and O–H groups in total. The fourth-order valence-electron chi connectivity index (χ4n) is 3.57. The van der Waals surface area contributed by atoms with Gasteiger partial charge in [-0.25, -0.2) is 13.6 Å². The second-order valence-corrected chi connectivity index (χ2v) is 9.61. The van der Waals surface area contributed by atoms with Gasteiger partial charge in [-0.15, -0.1) is 0 Å². The van der Waals surface area contributed by atoms with E-state index in [1.54, 1.807) is 39.8 Å². The molecular formula is C26H37F2N3O7. The number of alkyl halides is 2. The van der Waals surface area contributed by atoms with Crippen molar-refractivity contribution in [3.63, 3.8) is 0 Å². The zero-order valence-corrected chi connectivity index (χ0v) is 22.0. The third kappa shape index (κ3) is 12.7.